The van der Waals surface area contributed by atoms with Crippen LogP contribution < -0.4 is 9.62 Å². The summed E-state index contributed by atoms with van der Waals surface area (Å²) in [5.74, 6) is -1.27. The summed E-state index contributed by atoms with van der Waals surface area (Å²) in [6, 6.07) is 16.4. The monoisotopic (exact) mass is 609 g/mol. The number of benzene rings is 3. The molecule has 3 aromatic rings. The number of halogens is 4. The Hall–Kier alpha value is -3.57. The summed E-state index contributed by atoms with van der Waals surface area (Å²) >= 11 is 6.32. The van der Waals surface area contributed by atoms with Crippen LogP contribution in [0.15, 0.2) is 83.8 Å². The molecule has 0 aromatic heterocycles. The smallest absolute Gasteiger partial charge is 0.354 e. The first-order chi connectivity index (χ1) is 19.4. The van der Waals surface area contributed by atoms with E-state index in [1.165, 1.54) is 42.2 Å². The fourth-order valence-corrected chi connectivity index (χ4v) is 5.64. The van der Waals surface area contributed by atoms with E-state index in [1.54, 1.807) is 30.3 Å². The number of nitrogens with zero attached hydrogens (tertiary/aromatic N) is 2. The van der Waals surface area contributed by atoms with Crippen LogP contribution in [-0.4, -0.2) is 44.3 Å². The Morgan fingerprint density at radius 2 is 1.63 bits per heavy atom. The first-order valence-electron chi connectivity index (χ1n) is 12.9. The van der Waals surface area contributed by atoms with Gasteiger partial charge in [-0.1, -0.05) is 67.4 Å². The van der Waals surface area contributed by atoms with E-state index in [1.807, 2.05) is 6.92 Å². The van der Waals surface area contributed by atoms with Crippen molar-refractivity contribution in [2.24, 2.45) is 0 Å². The summed E-state index contributed by atoms with van der Waals surface area (Å²) < 4.78 is 68.7. The van der Waals surface area contributed by atoms with Crippen molar-refractivity contribution in [2.75, 3.05) is 17.4 Å². The number of nitrogens with one attached hydrogen (secondary N) is 1. The highest BCUT2D eigenvalue weighted by Gasteiger charge is 2.35. The minimum atomic E-state index is -4.75. The van der Waals surface area contributed by atoms with Crippen molar-refractivity contribution in [1.29, 1.82) is 0 Å². The maximum Gasteiger partial charge on any atom is 0.416 e. The Morgan fingerprint density at radius 1 is 0.976 bits per heavy atom. The molecular weight excluding hydrogens is 579 g/mol. The maximum absolute atomic E-state index is 13.9. The number of sulfonamides is 1. The van der Waals surface area contributed by atoms with E-state index in [0.717, 1.165) is 25.0 Å². The number of carbonyl (C=O) groups excluding carboxylic acids is 2. The maximum atomic E-state index is 13.9. The molecule has 2 amide bonds. The predicted octanol–water partition coefficient (Wildman–Crippen LogP) is 5.89. The minimum Gasteiger partial charge on any atom is -0.354 e. The van der Waals surface area contributed by atoms with Crippen LogP contribution in [0.5, 0.6) is 0 Å². The molecule has 0 aliphatic rings. The third kappa shape index (κ3) is 8.23. The van der Waals surface area contributed by atoms with Crippen molar-refractivity contribution >= 4 is 39.1 Å². The molecule has 41 heavy (non-hydrogen) atoms. The lowest BCUT2D eigenvalue weighted by Crippen LogP contribution is -2.51. The SMILES string of the molecule is CCCCNC(=O)[C@@H](C)N(Cc1ccccc1Cl)C(=O)CN(c1cccc(C(F)(F)F)c1)S(=O)(=O)c1ccccc1. The van der Waals surface area contributed by atoms with E-state index >= 15 is 0 Å². The van der Waals surface area contributed by atoms with Gasteiger partial charge in [-0.05, 0) is 55.3 Å². The fraction of sp³-hybridized carbons (Fsp3) is 0.310. The van der Waals surface area contributed by atoms with Gasteiger partial charge in [-0.2, -0.15) is 13.2 Å². The second kappa shape index (κ2) is 13.9. The minimum absolute atomic E-state index is 0.136. The van der Waals surface area contributed by atoms with Gasteiger partial charge in [0, 0.05) is 18.1 Å². The molecule has 0 radical (unpaired) electrons. The van der Waals surface area contributed by atoms with Crippen LogP contribution in [0.2, 0.25) is 5.02 Å². The van der Waals surface area contributed by atoms with Gasteiger partial charge in [0.2, 0.25) is 11.8 Å². The highest BCUT2D eigenvalue weighted by molar-refractivity contribution is 7.92. The van der Waals surface area contributed by atoms with E-state index in [9.17, 15) is 31.2 Å². The molecule has 1 atom stereocenters. The Bertz CT molecular complexity index is 1450. The quantitative estimate of drug-likeness (QED) is 0.260. The number of rotatable bonds is 12. The molecule has 0 fully saturated rings. The summed E-state index contributed by atoms with van der Waals surface area (Å²) in [7, 11) is -4.50. The summed E-state index contributed by atoms with van der Waals surface area (Å²) in [5, 5.41) is 3.09. The average Bonchev–Trinajstić information content (AvgIpc) is 2.95. The molecule has 0 bridgehead atoms. The number of hydrogen-bond donors (Lipinski definition) is 1. The number of anilines is 1. The lowest BCUT2D eigenvalue weighted by atomic mass is 10.1. The van der Waals surface area contributed by atoms with Crippen molar-refractivity contribution in [3.05, 3.63) is 95.0 Å². The van der Waals surface area contributed by atoms with Crippen molar-refractivity contribution in [3.63, 3.8) is 0 Å². The predicted molar refractivity (Wildman–Crippen MR) is 152 cm³/mol. The van der Waals surface area contributed by atoms with Gasteiger partial charge in [0.25, 0.3) is 10.0 Å². The molecule has 0 aliphatic carbocycles. The topological polar surface area (TPSA) is 86.8 Å². The summed E-state index contributed by atoms with van der Waals surface area (Å²) in [4.78, 5) is 27.8. The van der Waals surface area contributed by atoms with Crippen LogP contribution >= 0.6 is 11.6 Å². The van der Waals surface area contributed by atoms with E-state index in [0.29, 0.717) is 27.5 Å². The van der Waals surface area contributed by atoms with Crippen LogP contribution in [0.3, 0.4) is 0 Å². The molecule has 3 aromatic carbocycles. The van der Waals surface area contributed by atoms with E-state index in [4.69, 9.17) is 11.6 Å². The molecule has 0 unspecified atom stereocenters. The van der Waals surface area contributed by atoms with Crippen LogP contribution in [0, 0.1) is 0 Å². The molecule has 7 nitrogen and oxygen atoms in total. The molecule has 0 saturated heterocycles. The zero-order valence-corrected chi connectivity index (χ0v) is 24.1. The van der Waals surface area contributed by atoms with Crippen molar-refractivity contribution in [1.82, 2.24) is 10.2 Å². The average molecular weight is 610 g/mol. The summed E-state index contributed by atoms with van der Waals surface area (Å²) in [5.41, 5.74) is -0.922. The van der Waals surface area contributed by atoms with Crippen molar-refractivity contribution in [2.45, 2.75) is 50.3 Å². The standard InChI is InChI=1S/C29H31ClF3N3O4S/c1-3-4-17-34-28(38)21(2)35(19-22-11-8-9-16-26(22)30)27(37)20-36(41(39,40)25-14-6-5-7-15-25)24-13-10-12-23(18-24)29(31,32)33/h5-16,18,21H,3-4,17,19-20H2,1-2H3,(H,34,38)/t21-/m1/s1. The van der Waals surface area contributed by atoms with Gasteiger partial charge in [-0.3, -0.25) is 13.9 Å². The van der Waals surface area contributed by atoms with Crippen LogP contribution in [0.25, 0.3) is 0 Å². The molecule has 0 aliphatic heterocycles. The molecule has 3 rings (SSSR count). The zero-order chi connectivity index (χ0) is 30.2. The van der Waals surface area contributed by atoms with E-state index in [2.05, 4.69) is 5.32 Å². The zero-order valence-electron chi connectivity index (χ0n) is 22.6. The van der Waals surface area contributed by atoms with Gasteiger partial charge in [0.05, 0.1) is 16.1 Å². The largest absolute Gasteiger partial charge is 0.416 e. The number of alkyl halides is 3. The van der Waals surface area contributed by atoms with Gasteiger partial charge in [-0.15, -0.1) is 0 Å². The molecule has 0 heterocycles. The van der Waals surface area contributed by atoms with E-state index < -0.39 is 46.2 Å². The molecule has 12 heteroatoms. The van der Waals surface area contributed by atoms with Gasteiger partial charge >= 0.3 is 6.18 Å². The van der Waals surface area contributed by atoms with Gasteiger partial charge in [-0.25, -0.2) is 8.42 Å². The van der Waals surface area contributed by atoms with Gasteiger partial charge < -0.3 is 10.2 Å². The molecule has 0 saturated carbocycles. The van der Waals surface area contributed by atoms with Crippen LogP contribution in [-0.2, 0) is 32.3 Å². The van der Waals surface area contributed by atoms with Gasteiger partial charge in [0.1, 0.15) is 12.6 Å². The van der Waals surface area contributed by atoms with E-state index in [-0.39, 0.29) is 17.1 Å². The first kappa shape index (κ1) is 32.0. The highest BCUT2D eigenvalue weighted by Crippen LogP contribution is 2.33. The van der Waals surface area contributed by atoms with Crippen molar-refractivity contribution < 1.29 is 31.2 Å². The Labute approximate surface area is 243 Å². The number of unbranched alkanes of at least 4 members (excludes halogenated alkanes) is 1. The molecule has 0 spiro atoms. The Kier molecular flexibility index (Phi) is 10.8. The number of amides is 2. The summed E-state index contributed by atoms with van der Waals surface area (Å²) in [6.45, 7) is 2.83. The number of carbonyl (C=O) groups is 2. The summed E-state index contributed by atoms with van der Waals surface area (Å²) in [6.07, 6.45) is -3.20. The second-order valence-corrected chi connectivity index (χ2v) is 11.6. The third-order valence-electron chi connectivity index (χ3n) is 6.37. The Morgan fingerprint density at radius 3 is 2.27 bits per heavy atom. The normalized spacial score (nSPS) is 12.4. The van der Waals surface area contributed by atoms with Crippen molar-refractivity contribution in [3.8, 4) is 0 Å². The Balaban J connectivity index is 2.06. The van der Waals surface area contributed by atoms with Crippen LogP contribution in [0.4, 0.5) is 18.9 Å². The van der Waals surface area contributed by atoms with Gasteiger partial charge in [0.15, 0.2) is 0 Å². The molecule has 220 valence electrons. The third-order valence-corrected chi connectivity index (χ3v) is 8.52. The first-order valence-corrected chi connectivity index (χ1v) is 14.7. The lowest BCUT2D eigenvalue weighted by Gasteiger charge is -2.32. The fourth-order valence-electron chi connectivity index (χ4n) is 4.01. The number of hydrogen-bond acceptors (Lipinski definition) is 4. The lowest BCUT2D eigenvalue weighted by molar-refractivity contribution is -0.139. The highest BCUT2D eigenvalue weighted by atomic mass is 35.5. The second-order valence-electron chi connectivity index (χ2n) is 9.31. The van der Waals surface area contributed by atoms with Crippen LogP contribution in [0.1, 0.15) is 37.8 Å². The molecular formula is C29H31ClF3N3O4S. The molecule has 1 N–H and O–H groups in total.